The van der Waals surface area contributed by atoms with E-state index < -0.39 is 0 Å². The van der Waals surface area contributed by atoms with E-state index in [1.54, 1.807) is 12.1 Å². The summed E-state index contributed by atoms with van der Waals surface area (Å²) in [5.41, 5.74) is 1.06. The summed E-state index contributed by atoms with van der Waals surface area (Å²) in [7, 11) is 0. The Kier molecular flexibility index (Phi) is 5.99. The zero-order chi connectivity index (χ0) is 16.1. The molecule has 23 heavy (non-hydrogen) atoms. The maximum Gasteiger partial charge on any atom is 0.269 e. The van der Waals surface area contributed by atoms with Crippen LogP contribution >= 0.6 is 47.0 Å². The second-order valence-corrected chi connectivity index (χ2v) is 9.64. The first kappa shape index (κ1) is 16.8. The van der Waals surface area contributed by atoms with Gasteiger partial charge < -0.3 is 0 Å². The third-order valence-electron chi connectivity index (χ3n) is 2.95. The average Bonchev–Trinajstić information content (AvgIpc) is 2.97. The van der Waals surface area contributed by atoms with E-state index in [-0.39, 0.29) is 10.6 Å². The first-order valence-corrected chi connectivity index (χ1v) is 10.5. The zero-order valence-electron chi connectivity index (χ0n) is 12.0. The minimum absolute atomic E-state index is 0.116. The van der Waals surface area contributed by atoms with Crippen molar-refractivity contribution in [2.45, 2.75) is 0 Å². The maximum absolute atomic E-state index is 10.6. The molecule has 0 bridgehead atoms. The summed E-state index contributed by atoms with van der Waals surface area (Å²) in [5, 5.41) is 10.6. The highest BCUT2D eigenvalue weighted by molar-refractivity contribution is 8.41. The highest BCUT2D eigenvalue weighted by atomic mass is 32.3. The molecule has 2 aliphatic rings. The topological polar surface area (TPSA) is 43.1 Å². The summed E-state index contributed by atoms with van der Waals surface area (Å²) in [4.78, 5) is 10.2. The number of allylic oxidation sites excluding steroid dienone is 4. The van der Waals surface area contributed by atoms with E-state index in [0.29, 0.717) is 0 Å². The molecule has 0 N–H and O–H groups in total. The molecule has 0 spiro atoms. The Balaban J connectivity index is 1.53. The molecule has 0 saturated heterocycles. The van der Waals surface area contributed by atoms with Gasteiger partial charge in [-0.25, -0.2) is 0 Å². The second kappa shape index (κ2) is 8.19. The van der Waals surface area contributed by atoms with Crippen molar-refractivity contribution in [3.8, 4) is 0 Å². The van der Waals surface area contributed by atoms with E-state index in [0.717, 1.165) is 5.56 Å². The normalized spacial score (nSPS) is 18.0. The van der Waals surface area contributed by atoms with E-state index in [9.17, 15) is 10.1 Å². The fourth-order valence-electron chi connectivity index (χ4n) is 1.87. The molecule has 1 aromatic rings. The van der Waals surface area contributed by atoms with Crippen LogP contribution in [0.25, 0.3) is 6.08 Å². The summed E-state index contributed by atoms with van der Waals surface area (Å²) in [6.45, 7) is 0. The van der Waals surface area contributed by atoms with Crippen LogP contribution in [0.15, 0.2) is 61.3 Å². The van der Waals surface area contributed by atoms with Crippen LogP contribution in [0.4, 0.5) is 5.69 Å². The van der Waals surface area contributed by atoms with Gasteiger partial charge in [-0.2, -0.15) is 0 Å². The molecule has 0 unspecified atom stereocenters. The molecule has 0 aliphatic carbocycles. The van der Waals surface area contributed by atoms with Crippen molar-refractivity contribution < 1.29 is 4.92 Å². The lowest BCUT2D eigenvalue weighted by atomic mass is 10.2. The molecular formula is C16H13NO2S4. The standard InChI is InChI=1S/C16H13NO2S4/c18-17(19)13-8-6-12(7-9-13)4-2-1-3-5-14-22-15-16(23-14)21-11-10-20-15/h1-9H,10-11H2/b3-1+,4-2+. The van der Waals surface area contributed by atoms with Crippen LogP contribution in [-0.2, 0) is 0 Å². The molecule has 3 nitrogen and oxygen atoms in total. The minimum atomic E-state index is -0.388. The molecule has 2 aliphatic heterocycles. The van der Waals surface area contributed by atoms with Gasteiger partial charge in [0.15, 0.2) is 0 Å². The van der Waals surface area contributed by atoms with E-state index >= 15 is 0 Å². The number of thioether (sulfide) groups is 4. The lowest BCUT2D eigenvalue weighted by molar-refractivity contribution is -0.384. The monoisotopic (exact) mass is 379 g/mol. The summed E-state index contributed by atoms with van der Waals surface area (Å²) in [5.74, 6) is 2.41. The SMILES string of the molecule is O=[N+]([O-])c1ccc(/C=C/C=C/C=C2SC3=C(SCCS3)S2)cc1. The first-order valence-electron chi connectivity index (χ1n) is 6.87. The van der Waals surface area contributed by atoms with Gasteiger partial charge in [0, 0.05) is 23.6 Å². The molecule has 0 atom stereocenters. The summed E-state index contributed by atoms with van der Waals surface area (Å²) in [6, 6.07) is 6.53. The van der Waals surface area contributed by atoms with E-state index in [2.05, 4.69) is 6.08 Å². The molecule has 1 aromatic carbocycles. The lowest BCUT2D eigenvalue weighted by Crippen LogP contribution is -1.88. The Morgan fingerprint density at radius 1 is 0.957 bits per heavy atom. The predicted molar refractivity (Wildman–Crippen MR) is 106 cm³/mol. The van der Waals surface area contributed by atoms with Gasteiger partial charge in [0.1, 0.15) is 0 Å². The number of non-ortho nitro benzene ring substituents is 1. The van der Waals surface area contributed by atoms with E-state index in [4.69, 9.17) is 0 Å². The first-order chi connectivity index (χ1) is 11.2. The molecular weight excluding hydrogens is 366 g/mol. The smallest absolute Gasteiger partial charge is 0.258 e. The van der Waals surface area contributed by atoms with Crippen LogP contribution in [0, 0.1) is 10.1 Å². The molecule has 118 valence electrons. The molecule has 2 heterocycles. The van der Waals surface area contributed by atoms with Crippen LogP contribution in [0.2, 0.25) is 0 Å². The van der Waals surface area contributed by atoms with E-state index in [1.165, 1.54) is 36.3 Å². The minimum Gasteiger partial charge on any atom is -0.258 e. The molecule has 0 radical (unpaired) electrons. The van der Waals surface area contributed by atoms with Crippen molar-refractivity contribution in [2.75, 3.05) is 11.5 Å². The number of hydrogen-bond donors (Lipinski definition) is 0. The second-order valence-electron chi connectivity index (χ2n) is 4.55. The van der Waals surface area contributed by atoms with Gasteiger partial charge in [-0.15, -0.1) is 23.5 Å². The number of nitro groups is 1. The summed E-state index contributed by atoms with van der Waals surface area (Å²) < 4.78 is 4.22. The zero-order valence-corrected chi connectivity index (χ0v) is 15.3. The van der Waals surface area contributed by atoms with Crippen molar-refractivity contribution >= 4 is 58.8 Å². The van der Waals surface area contributed by atoms with Crippen LogP contribution in [0.3, 0.4) is 0 Å². The molecule has 0 amide bonds. The maximum atomic E-state index is 10.6. The number of nitrogens with zero attached hydrogens (tertiary/aromatic N) is 1. The van der Waals surface area contributed by atoms with Gasteiger partial charge in [-0.05, 0) is 23.8 Å². The Hall–Kier alpha value is -1.02. The van der Waals surface area contributed by atoms with Gasteiger partial charge in [0.25, 0.3) is 5.69 Å². The molecule has 0 fully saturated rings. The largest absolute Gasteiger partial charge is 0.269 e. The van der Waals surface area contributed by atoms with Gasteiger partial charge in [0.2, 0.25) is 0 Å². The fourth-order valence-corrected chi connectivity index (χ4v) is 7.67. The molecule has 3 rings (SSSR count). The Labute approximate surface area is 151 Å². The average molecular weight is 380 g/mol. The highest BCUT2D eigenvalue weighted by Crippen LogP contribution is 2.59. The Bertz CT molecular complexity index is 700. The third-order valence-corrected chi connectivity index (χ3v) is 8.64. The third kappa shape index (κ3) is 4.73. The van der Waals surface area contributed by atoms with Crippen molar-refractivity contribution in [2.24, 2.45) is 0 Å². The van der Waals surface area contributed by atoms with Crippen LogP contribution in [-0.4, -0.2) is 16.4 Å². The predicted octanol–water partition coefficient (Wildman–Crippen LogP) is 6.09. The van der Waals surface area contributed by atoms with Crippen molar-refractivity contribution in [3.05, 3.63) is 77.0 Å². The van der Waals surface area contributed by atoms with Crippen LogP contribution in [0.1, 0.15) is 5.56 Å². The van der Waals surface area contributed by atoms with Crippen molar-refractivity contribution in [1.29, 1.82) is 0 Å². The number of hydrogen-bond acceptors (Lipinski definition) is 6. The summed E-state index contributed by atoms with van der Waals surface area (Å²) >= 11 is 7.63. The number of rotatable bonds is 4. The Morgan fingerprint density at radius 3 is 2.22 bits per heavy atom. The van der Waals surface area contributed by atoms with Crippen LogP contribution in [0.5, 0.6) is 0 Å². The molecule has 0 saturated carbocycles. The quantitative estimate of drug-likeness (QED) is 0.358. The Morgan fingerprint density at radius 2 is 1.61 bits per heavy atom. The van der Waals surface area contributed by atoms with Gasteiger partial charge in [-0.3, -0.25) is 10.1 Å². The molecule has 7 heteroatoms. The van der Waals surface area contributed by atoms with Gasteiger partial charge >= 0.3 is 0 Å². The number of benzene rings is 1. The fraction of sp³-hybridized carbons (Fsp3) is 0.125. The van der Waals surface area contributed by atoms with Gasteiger partial charge in [-0.1, -0.05) is 47.8 Å². The van der Waals surface area contributed by atoms with Crippen molar-refractivity contribution in [3.63, 3.8) is 0 Å². The van der Waals surface area contributed by atoms with Crippen LogP contribution < -0.4 is 0 Å². The molecule has 0 aromatic heterocycles. The van der Waals surface area contributed by atoms with Crippen molar-refractivity contribution in [1.82, 2.24) is 0 Å². The lowest BCUT2D eigenvalue weighted by Gasteiger charge is -2.08. The van der Waals surface area contributed by atoms with Gasteiger partial charge in [0.05, 0.1) is 17.6 Å². The summed E-state index contributed by atoms with van der Waals surface area (Å²) in [6.07, 6.45) is 10.0. The highest BCUT2D eigenvalue weighted by Gasteiger charge is 2.24. The van der Waals surface area contributed by atoms with E-state index in [1.807, 2.05) is 71.4 Å². The number of nitro benzene ring substituents is 1.